The Morgan fingerprint density at radius 1 is 1.26 bits per heavy atom. The van der Waals surface area contributed by atoms with Crippen molar-refractivity contribution in [1.82, 2.24) is 15.3 Å². The maximum absolute atomic E-state index is 11.9. The van der Waals surface area contributed by atoms with Gasteiger partial charge in [0.05, 0.1) is 0 Å². The van der Waals surface area contributed by atoms with Gasteiger partial charge >= 0.3 is 0 Å². The Morgan fingerprint density at radius 2 is 2.16 bits per heavy atom. The number of pyridine rings is 2. The van der Waals surface area contributed by atoms with Crippen LogP contribution in [0.1, 0.15) is 16.1 Å². The quantitative estimate of drug-likeness (QED) is 0.850. The van der Waals surface area contributed by atoms with Gasteiger partial charge < -0.3 is 10.6 Å². The monoisotopic (exact) mass is 256 g/mol. The van der Waals surface area contributed by atoms with Gasteiger partial charge in [0.2, 0.25) is 0 Å². The smallest absolute Gasteiger partial charge is 0.269 e. The molecular formula is C14H16N4O. The minimum Gasteiger partial charge on any atom is -0.373 e. The van der Waals surface area contributed by atoms with Crippen LogP contribution in [0.15, 0.2) is 42.7 Å². The third-order valence-electron chi connectivity index (χ3n) is 2.66. The summed E-state index contributed by atoms with van der Waals surface area (Å²) in [5.74, 6) is 0.515. The molecule has 5 heteroatoms. The van der Waals surface area contributed by atoms with Crippen LogP contribution in [0.2, 0.25) is 0 Å². The number of aromatic nitrogens is 2. The maximum Gasteiger partial charge on any atom is 0.269 e. The Balaban J connectivity index is 1.87. The molecule has 0 radical (unpaired) electrons. The topological polar surface area (TPSA) is 66.9 Å². The van der Waals surface area contributed by atoms with Crippen LogP contribution in [0, 0.1) is 0 Å². The zero-order chi connectivity index (χ0) is 13.5. The molecule has 0 fully saturated rings. The largest absolute Gasteiger partial charge is 0.373 e. The summed E-state index contributed by atoms with van der Waals surface area (Å²) in [5, 5.41) is 5.75. The minimum atomic E-state index is -0.166. The second-order valence-electron chi connectivity index (χ2n) is 4.03. The fourth-order valence-corrected chi connectivity index (χ4v) is 1.66. The van der Waals surface area contributed by atoms with Crippen molar-refractivity contribution in [2.45, 2.75) is 6.42 Å². The number of hydrogen-bond acceptors (Lipinski definition) is 4. The van der Waals surface area contributed by atoms with Crippen LogP contribution in [0.4, 0.5) is 5.82 Å². The maximum atomic E-state index is 11.9. The highest BCUT2D eigenvalue weighted by Crippen LogP contribution is 2.03. The van der Waals surface area contributed by atoms with E-state index in [2.05, 4.69) is 20.6 Å². The van der Waals surface area contributed by atoms with Gasteiger partial charge in [-0.1, -0.05) is 12.1 Å². The van der Waals surface area contributed by atoms with E-state index >= 15 is 0 Å². The number of amides is 1. The summed E-state index contributed by atoms with van der Waals surface area (Å²) >= 11 is 0. The first kappa shape index (κ1) is 13.0. The van der Waals surface area contributed by atoms with Crippen molar-refractivity contribution >= 4 is 11.7 Å². The summed E-state index contributed by atoms with van der Waals surface area (Å²) in [6.45, 7) is 0.565. The van der Waals surface area contributed by atoms with E-state index in [0.29, 0.717) is 18.1 Å². The van der Waals surface area contributed by atoms with Gasteiger partial charge in [-0.05, 0) is 30.2 Å². The number of nitrogens with one attached hydrogen (secondary N) is 2. The molecule has 2 heterocycles. The highest BCUT2D eigenvalue weighted by molar-refractivity contribution is 5.92. The van der Waals surface area contributed by atoms with Crippen molar-refractivity contribution in [2.75, 3.05) is 18.9 Å². The lowest BCUT2D eigenvalue weighted by Crippen LogP contribution is -2.26. The van der Waals surface area contributed by atoms with Gasteiger partial charge in [0.25, 0.3) is 5.91 Å². The molecule has 2 rings (SSSR count). The van der Waals surface area contributed by atoms with Gasteiger partial charge in [0.1, 0.15) is 11.5 Å². The highest BCUT2D eigenvalue weighted by atomic mass is 16.1. The third-order valence-corrected chi connectivity index (χ3v) is 2.66. The van der Waals surface area contributed by atoms with Crippen LogP contribution >= 0.6 is 0 Å². The molecular weight excluding hydrogens is 240 g/mol. The molecule has 0 aromatic carbocycles. The van der Waals surface area contributed by atoms with E-state index in [4.69, 9.17) is 0 Å². The molecule has 0 aliphatic carbocycles. The summed E-state index contributed by atoms with van der Waals surface area (Å²) in [4.78, 5) is 20.1. The van der Waals surface area contributed by atoms with E-state index in [1.165, 1.54) is 0 Å². The molecule has 0 atom stereocenters. The van der Waals surface area contributed by atoms with Gasteiger partial charge in [-0.15, -0.1) is 0 Å². The second kappa shape index (κ2) is 6.49. The Labute approximate surface area is 112 Å². The fourth-order valence-electron chi connectivity index (χ4n) is 1.66. The fraction of sp³-hybridized carbons (Fsp3) is 0.214. The van der Waals surface area contributed by atoms with E-state index in [1.54, 1.807) is 31.6 Å². The summed E-state index contributed by atoms with van der Waals surface area (Å²) in [6.07, 6.45) is 4.28. The van der Waals surface area contributed by atoms with E-state index in [-0.39, 0.29) is 5.91 Å². The molecule has 19 heavy (non-hydrogen) atoms. The number of nitrogens with zero attached hydrogens (tertiary/aromatic N) is 2. The van der Waals surface area contributed by atoms with Gasteiger partial charge in [0, 0.05) is 26.0 Å². The Kier molecular flexibility index (Phi) is 4.44. The van der Waals surface area contributed by atoms with Crippen molar-refractivity contribution < 1.29 is 4.79 Å². The van der Waals surface area contributed by atoms with Crippen LogP contribution in [0.25, 0.3) is 0 Å². The molecule has 0 bridgehead atoms. The molecule has 0 saturated heterocycles. The first-order chi connectivity index (χ1) is 9.29. The second-order valence-corrected chi connectivity index (χ2v) is 4.03. The molecule has 1 amide bonds. The lowest BCUT2D eigenvalue weighted by Gasteiger charge is -2.06. The van der Waals surface area contributed by atoms with E-state index in [0.717, 1.165) is 12.0 Å². The normalized spacial score (nSPS) is 9.95. The van der Waals surface area contributed by atoms with E-state index < -0.39 is 0 Å². The van der Waals surface area contributed by atoms with E-state index in [9.17, 15) is 4.79 Å². The molecule has 0 aliphatic heterocycles. The average Bonchev–Trinajstić information content (AvgIpc) is 2.48. The molecule has 0 saturated carbocycles. The van der Waals surface area contributed by atoms with Crippen molar-refractivity contribution in [1.29, 1.82) is 0 Å². The molecule has 0 aliphatic rings. The molecule has 0 spiro atoms. The van der Waals surface area contributed by atoms with Crippen molar-refractivity contribution in [3.05, 3.63) is 54.0 Å². The molecule has 2 N–H and O–H groups in total. The summed E-state index contributed by atoms with van der Waals surface area (Å²) in [6, 6.07) is 9.18. The molecule has 2 aromatic rings. The lowest BCUT2D eigenvalue weighted by atomic mass is 10.2. The third kappa shape index (κ3) is 3.77. The predicted molar refractivity (Wildman–Crippen MR) is 74.1 cm³/mol. The molecule has 98 valence electrons. The summed E-state index contributed by atoms with van der Waals surface area (Å²) in [7, 11) is 1.77. The lowest BCUT2D eigenvalue weighted by molar-refractivity contribution is 0.0949. The molecule has 0 unspecified atom stereocenters. The minimum absolute atomic E-state index is 0.166. The Bertz CT molecular complexity index is 542. The SMILES string of the molecule is CNc1cccc(C(=O)NCCc2cccnc2)n1. The number of rotatable bonds is 5. The zero-order valence-corrected chi connectivity index (χ0v) is 10.8. The number of carbonyl (C=O) groups is 1. The highest BCUT2D eigenvalue weighted by Gasteiger charge is 2.06. The van der Waals surface area contributed by atoms with E-state index in [1.807, 2.05) is 18.2 Å². The van der Waals surface area contributed by atoms with Crippen molar-refractivity contribution in [3.8, 4) is 0 Å². The van der Waals surface area contributed by atoms with Gasteiger partial charge in [-0.3, -0.25) is 9.78 Å². The molecule has 5 nitrogen and oxygen atoms in total. The summed E-state index contributed by atoms with van der Waals surface area (Å²) < 4.78 is 0. The van der Waals surface area contributed by atoms with Crippen molar-refractivity contribution in [2.24, 2.45) is 0 Å². The Morgan fingerprint density at radius 3 is 2.89 bits per heavy atom. The number of anilines is 1. The zero-order valence-electron chi connectivity index (χ0n) is 10.8. The van der Waals surface area contributed by atoms with Crippen LogP contribution in [0.3, 0.4) is 0 Å². The summed E-state index contributed by atoms with van der Waals surface area (Å²) in [5.41, 5.74) is 1.51. The van der Waals surface area contributed by atoms with Gasteiger partial charge in [-0.25, -0.2) is 4.98 Å². The van der Waals surface area contributed by atoms with Crippen LogP contribution in [0.5, 0.6) is 0 Å². The van der Waals surface area contributed by atoms with Gasteiger partial charge in [-0.2, -0.15) is 0 Å². The van der Waals surface area contributed by atoms with Crippen molar-refractivity contribution in [3.63, 3.8) is 0 Å². The molecule has 2 aromatic heterocycles. The number of carbonyl (C=O) groups excluding carboxylic acids is 1. The van der Waals surface area contributed by atoms with Gasteiger partial charge in [0.15, 0.2) is 0 Å². The van der Waals surface area contributed by atoms with Crippen LogP contribution in [-0.2, 0) is 6.42 Å². The standard InChI is InChI=1S/C14H16N4O/c1-15-13-6-2-5-12(18-13)14(19)17-9-7-11-4-3-8-16-10-11/h2-6,8,10H,7,9H2,1H3,(H,15,18)(H,17,19). The first-order valence-corrected chi connectivity index (χ1v) is 6.11. The predicted octanol–water partition coefficient (Wildman–Crippen LogP) is 1.49. The number of hydrogen-bond donors (Lipinski definition) is 2. The first-order valence-electron chi connectivity index (χ1n) is 6.11. The Hall–Kier alpha value is -2.43. The van der Waals surface area contributed by atoms with Crippen LogP contribution < -0.4 is 10.6 Å². The average molecular weight is 256 g/mol. The van der Waals surface area contributed by atoms with Crippen LogP contribution in [-0.4, -0.2) is 29.5 Å².